The third-order valence-electron chi connectivity index (χ3n) is 3.35. The molecule has 2 aromatic carbocycles. The summed E-state index contributed by atoms with van der Waals surface area (Å²) in [5.41, 5.74) is 4.84. The number of para-hydroxylation sites is 1. The molecule has 0 amide bonds. The number of nitro groups is 1. The molecular weight excluding hydrogens is 364 g/mol. The summed E-state index contributed by atoms with van der Waals surface area (Å²) in [6, 6.07) is 8.12. The molecule has 9 heteroatoms. The zero-order chi connectivity index (χ0) is 18.6. The van der Waals surface area contributed by atoms with Gasteiger partial charge < -0.3 is 10.4 Å². The van der Waals surface area contributed by atoms with Gasteiger partial charge in [-0.3, -0.25) is 15.5 Å². The van der Waals surface area contributed by atoms with E-state index in [1.165, 1.54) is 6.07 Å². The minimum absolute atomic E-state index is 0.0124. The molecule has 0 aliphatic rings. The Balaban J connectivity index is 2.11. The Morgan fingerprint density at radius 3 is 2.56 bits per heavy atom. The highest BCUT2D eigenvalue weighted by molar-refractivity contribution is 7.80. The van der Waals surface area contributed by atoms with Crippen LogP contribution in [0.2, 0.25) is 5.02 Å². The molecule has 0 aromatic heterocycles. The van der Waals surface area contributed by atoms with Gasteiger partial charge in [0.05, 0.1) is 11.1 Å². The number of benzene rings is 2. The van der Waals surface area contributed by atoms with E-state index < -0.39 is 16.4 Å². The lowest BCUT2D eigenvalue weighted by Crippen LogP contribution is -2.24. The quantitative estimate of drug-likeness (QED) is 0.367. The topological polar surface area (TPSA) is 103 Å². The summed E-state index contributed by atoms with van der Waals surface area (Å²) in [4.78, 5) is 10.0. The minimum atomic E-state index is -0.786. The minimum Gasteiger partial charge on any atom is -0.867 e. The maximum absolute atomic E-state index is 12.0. The summed E-state index contributed by atoms with van der Waals surface area (Å²) in [6.07, 6.45) is 1.14. The number of aryl methyl sites for hydroxylation is 2. The van der Waals surface area contributed by atoms with Crippen molar-refractivity contribution in [1.29, 1.82) is 0 Å². The van der Waals surface area contributed by atoms with Crippen molar-refractivity contribution in [3.63, 3.8) is 0 Å². The molecule has 0 unspecified atom stereocenters. The van der Waals surface area contributed by atoms with Gasteiger partial charge in [0, 0.05) is 16.8 Å². The predicted octanol–water partition coefficient (Wildman–Crippen LogP) is 3.26. The smallest absolute Gasteiger partial charge is 0.263 e. The molecular formula is C16H14ClN4O3S-. The van der Waals surface area contributed by atoms with Crippen LogP contribution in [0.3, 0.4) is 0 Å². The Hall–Kier alpha value is -2.71. The molecule has 0 spiro atoms. The van der Waals surface area contributed by atoms with E-state index in [9.17, 15) is 15.2 Å². The Morgan fingerprint density at radius 2 is 1.96 bits per heavy atom. The van der Waals surface area contributed by atoms with Crippen LogP contribution in [-0.2, 0) is 0 Å². The van der Waals surface area contributed by atoms with Gasteiger partial charge >= 0.3 is 0 Å². The normalized spacial score (nSPS) is 10.7. The number of rotatable bonds is 4. The molecule has 0 saturated carbocycles. The van der Waals surface area contributed by atoms with Crippen molar-refractivity contribution in [3.8, 4) is 5.75 Å². The molecule has 0 saturated heterocycles. The fourth-order valence-electron chi connectivity index (χ4n) is 2.14. The van der Waals surface area contributed by atoms with Crippen molar-refractivity contribution in [1.82, 2.24) is 5.43 Å². The molecule has 25 heavy (non-hydrogen) atoms. The van der Waals surface area contributed by atoms with E-state index in [4.69, 9.17) is 23.8 Å². The van der Waals surface area contributed by atoms with Gasteiger partial charge in [-0.05, 0) is 54.6 Å². The summed E-state index contributed by atoms with van der Waals surface area (Å²) < 4.78 is 0. The highest BCUT2D eigenvalue weighted by Gasteiger charge is 2.11. The number of nitro benzene ring substituents is 1. The Labute approximate surface area is 154 Å². The molecule has 130 valence electrons. The molecule has 0 heterocycles. The van der Waals surface area contributed by atoms with Crippen molar-refractivity contribution < 1.29 is 10.0 Å². The Morgan fingerprint density at radius 1 is 1.32 bits per heavy atom. The first-order valence-electron chi connectivity index (χ1n) is 7.11. The fraction of sp³-hybridized carbons (Fsp3) is 0.125. The average molecular weight is 378 g/mol. The van der Waals surface area contributed by atoms with Gasteiger partial charge in [-0.2, -0.15) is 5.10 Å². The van der Waals surface area contributed by atoms with Crippen molar-refractivity contribution in [2.45, 2.75) is 13.8 Å². The second kappa shape index (κ2) is 7.91. The predicted molar refractivity (Wildman–Crippen MR) is 100 cm³/mol. The zero-order valence-corrected chi connectivity index (χ0v) is 14.9. The molecule has 0 aliphatic carbocycles. The van der Waals surface area contributed by atoms with Crippen LogP contribution in [-0.4, -0.2) is 16.3 Å². The van der Waals surface area contributed by atoms with Gasteiger partial charge in [0.1, 0.15) is 0 Å². The van der Waals surface area contributed by atoms with Crippen LogP contribution in [0, 0.1) is 24.0 Å². The van der Waals surface area contributed by atoms with Crippen LogP contribution < -0.4 is 15.8 Å². The van der Waals surface area contributed by atoms with Gasteiger partial charge in [-0.25, -0.2) is 0 Å². The lowest BCUT2D eigenvalue weighted by Gasteiger charge is -2.13. The van der Waals surface area contributed by atoms with Crippen molar-refractivity contribution in [2.75, 3.05) is 5.32 Å². The molecule has 2 aromatic rings. The molecule has 7 nitrogen and oxygen atoms in total. The molecule has 0 radical (unpaired) electrons. The number of halogens is 1. The molecule has 2 N–H and O–H groups in total. The molecule has 2 rings (SSSR count). The van der Waals surface area contributed by atoms with Gasteiger partial charge in [-0.1, -0.05) is 29.8 Å². The molecule has 0 fully saturated rings. The van der Waals surface area contributed by atoms with Crippen molar-refractivity contribution >= 4 is 46.5 Å². The number of hydrogen-bond donors (Lipinski definition) is 2. The third kappa shape index (κ3) is 4.65. The molecule has 0 aliphatic heterocycles. The van der Waals surface area contributed by atoms with Crippen molar-refractivity contribution in [2.24, 2.45) is 5.10 Å². The van der Waals surface area contributed by atoms with Crippen LogP contribution in [0.4, 0.5) is 11.4 Å². The van der Waals surface area contributed by atoms with Crippen LogP contribution in [0.1, 0.15) is 16.7 Å². The van der Waals surface area contributed by atoms with E-state index in [-0.39, 0.29) is 15.7 Å². The summed E-state index contributed by atoms with van der Waals surface area (Å²) in [6.45, 7) is 3.88. The van der Waals surface area contributed by atoms with Crippen LogP contribution in [0.25, 0.3) is 0 Å². The molecule has 0 bridgehead atoms. The zero-order valence-electron chi connectivity index (χ0n) is 13.4. The second-order valence-corrected chi connectivity index (χ2v) is 6.04. The van der Waals surface area contributed by atoms with E-state index in [2.05, 4.69) is 15.8 Å². The largest absolute Gasteiger partial charge is 0.867 e. The van der Waals surface area contributed by atoms with Crippen LogP contribution >= 0.6 is 23.8 Å². The van der Waals surface area contributed by atoms with E-state index in [1.54, 1.807) is 0 Å². The number of hydrazone groups is 1. The summed E-state index contributed by atoms with van der Waals surface area (Å²) in [5, 5.41) is 29.9. The lowest BCUT2D eigenvalue weighted by atomic mass is 10.1. The second-order valence-electron chi connectivity index (χ2n) is 5.19. The van der Waals surface area contributed by atoms with Gasteiger partial charge in [0.15, 0.2) is 5.11 Å². The number of hydrogen-bond acceptors (Lipinski definition) is 5. The lowest BCUT2D eigenvalue weighted by molar-refractivity contribution is -0.398. The van der Waals surface area contributed by atoms with Crippen LogP contribution in [0.5, 0.6) is 5.75 Å². The summed E-state index contributed by atoms with van der Waals surface area (Å²) >= 11 is 10.9. The van der Waals surface area contributed by atoms with Gasteiger partial charge in [-0.15, -0.1) is 0 Å². The van der Waals surface area contributed by atoms with E-state index in [1.807, 2.05) is 32.0 Å². The summed E-state index contributed by atoms with van der Waals surface area (Å²) in [7, 11) is 0. The van der Waals surface area contributed by atoms with E-state index in [0.717, 1.165) is 29.1 Å². The number of thiocarbonyl (C=S) groups is 1. The number of anilines is 1. The first-order valence-corrected chi connectivity index (χ1v) is 7.89. The third-order valence-corrected chi connectivity index (χ3v) is 3.76. The summed E-state index contributed by atoms with van der Waals surface area (Å²) in [5.74, 6) is -0.770. The van der Waals surface area contributed by atoms with Gasteiger partial charge in [0.2, 0.25) is 0 Å². The maximum atomic E-state index is 12.0. The Kier molecular flexibility index (Phi) is 5.89. The average Bonchev–Trinajstić information content (AvgIpc) is 2.53. The first-order chi connectivity index (χ1) is 11.8. The Bertz CT molecular complexity index is 850. The number of nitrogens with zero attached hydrogens (tertiary/aromatic N) is 2. The van der Waals surface area contributed by atoms with E-state index >= 15 is 0 Å². The maximum Gasteiger partial charge on any atom is 0.263 e. The van der Waals surface area contributed by atoms with Gasteiger partial charge in [0.25, 0.3) is 5.69 Å². The van der Waals surface area contributed by atoms with Crippen molar-refractivity contribution in [3.05, 3.63) is 62.2 Å². The van der Waals surface area contributed by atoms with E-state index in [0.29, 0.717) is 0 Å². The highest BCUT2D eigenvalue weighted by Crippen LogP contribution is 2.29. The number of nitrogens with one attached hydrogen (secondary N) is 2. The standard InChI is InChI=1S/C16H15ClN4O3S/c1-9-4-3-5-10(2)14(9)19-16(25)20-18-8-11-6-12(17)7-13(15(11)22)21(23)24/h3-8,22H,1-2H3,(H2,19,20,25)/p-1/b18-8-. The SMILES string of the molecule is Cc1cccc(C)c1NC(=S)N/N=C\c1cc(Cl)cc([N+](=O)[O-])c1[O-]. The van der Waals surface area contributed by atoms with Crippen LogP contribution in [0.15, 0.2) is 35.4 Å². The highest BCUT2D eigenvalue weighted by atomic mass is 35.5. The monoisotopic (exact) mass is 377 g/mol. The fourth-order valence-corrected chi connectivity index (χ4v) is 2.52. The molecule has 0 atom stereocenters. The first kappa shape index (κ1) is 18.6.